The molecule has 0 saturated heterocycles. The quantitative estimate of drug-likeness (QED) is 0.601. The number of hydrogen-bond donors (Lipinski definition) is 0. The van der Waals surface area contributed by atoms with Crippen LogP contribution in [0.15, 0.2) is 72.8 Å². The molecular weight excluding hydrogens is 280 g/mol. The number of carbonyl (C=O) groups excluding carboxylic acids is 1. The Morgan fingerprint density at radius 2 is 1.26 bits per heavy atom. The fourth-order valence-corrected chi connectivity index (χ4v) is 3.68. The second kappa shape index (κ2) is 4.92. The highest BCUT2D eigenvalue weighted by molar-refractivity contribution is 6.16. The zero-order valence-corrected chi connectivity index (χ0v) is 13.3. The molecule has 0 atom stereocenters. The molecule has 1 heteroatoms. The van der Waals surface area contributed by atoms with E-state index in [-0.39, 0.29) is 11.2 Å². The summed E-state index contributed by atoms with van der Waals surface area (Å²) < 4.78 is 0. The lowest BCUT2D eigenvalue weighted by atomic mass is 9.67. The van der Waals surface area contributed by atoms with Crippen molar-refractivity contribution in [3.8, 4) is 11.1 Å². The van der Waals surface area contributed by atoms with E-state index >= 15 is 0 Å². The summed E-state index contributed by atoms with van der Waals surface area (Å²) in [6, 6.07) is 24.4. The van der Waals surface area contributed by atoms with Crippen LogP contribution in [0, 0.1) is 0 Å². The molecule has 0 fully saturated rings. The SMILES string of the molecule is CC1(C)c2ccccc2C(=O)c2c(-c3ccccc3)cccc21. The van der Waals surface area contributed by atoms with Crippen molar-refractivity contribution in [2.45, 2.75) is 19.3 Å². The summed E-state index contributed by atoms with van der Waals surface area (Å²) in [5.74, 6) is 0.134. The topological polar surface area (TPSA) is 17.1 Å². The third-order valence-electron chi connectivity index (χ3n) is 4.89. The Morgan fingerprint density at radius 1 is 0.652 bits per heavy atom. The Hall–Kier alpha value is -2.67. The van der Waals surface area contributed by atoms with E-state index in [0.29, 0.717) is 0 Å². The van der Waals surface area contributed by atoms with Crippen LogP contribution in [0.1, 0.15) is 40.9 Å². The highest BCUT2D eigenvalue weighted by atomic mass is 16.1. The molecule has 23 heavy (non-hydrogen) atoms. The average Bonchev–Trinajstić information content (AvgIpc) is 2.60. The van der Waals surface area contributed by atoms with Crippen LogP contribution < -0.4 is 0 Å². The van der Waals surface area contributed by atoms with Gasteiger partial charge in [0, 0.05) is 16.5 Å². The van der Waals surface area contributed by atoms with Gasteiger partial charge in [0.15, 0.2) is 5.78 Å². The minimum Gasteiger partial charge on any atom is -0.289 e. The molecule has 0 radical (unpaired) electrons. The number of fused-ring (bicyclic) bond motifs is 2. The molecule has 0 aliphatic heterocycles. The molecule has 112 valence electrons. The van der Waals surface area contributed by atoms with Gasteiger partial charge in [-0.15, -0.1) is 0 Å². The van der Waals surface area contributed by atoms with Crippen LogP contribution >= 0.6 is 0 Å². The van der Waals surface area contributed by atoms with Gasteiger partial charge in [0.25, 0.3) is 0 Å². The van der Waals surface area contributed by atoms with Crippen molar-refractivity contribution in [2.24, 2.45) is 0 Å². The van der Waals surface area contributed by atoms with E-state index in [1.165, 1.54) is 0 Å². The minimum absolute atomic E-state index is 0.134. The molecule has 0 saturated carbocycles. The van der Waals surface area contributed by atoms with Gasteiger partial charge in [-0.3, -0.25) is 4.79 Å². The molecule has 0 N–H and O–H groups in total. The highest BCUT2D eigenvalue weighted by Gasteiger charge is 2.37. The normalized spacial score (nSPS) is 15.0. The van der Waals surface area contributed by atoms with Crippen molar-refractivity contribution in [1.29, 1.82) is 0 Å². The predicted molar refractivity (Wildman–Crippen MR) is 93.9 cm³/mol. The second-order valence-corrected chi connectivity index (χ2v) is 6.59. The zero-order valence-electron chi connectivity index (χ0n) is 13.3. The first-order valence-corrected chi connectivity index (χ1v) is 7.94. The summed E-state index contributed by atoms with van der Waals surface area (Å²) in [6.45, 7) is 4.40. The molecule has 4 rings (SSSR count). The lowest BCUT2D eigenvalue weighted by Gasteiger charge is -2.35. The first-order chi connectivity index (χ1) is 11.1. The fraction of sp³-hybridized carbons (Fsp3) is 0.136. The summed E-state index contributed by atoms with van der Waals surface area (Å²) in [7, 11) is 0. The Kier molecular flexibility index (Phi) is 2.99. The van der Waals surface area contributed by atoms with Gasteiger partial charge in [0.2, 0.25) is 0 Å². The van der Waals surface area contributed by atoms with E-state index in [0.717, 1.165) is 33.4 Å². The first kappa shape index (κ1) is 14.0. The van der Waals surface area contributed by atoms with Gasteiger partial charge in [-0.05, 0) is 22.3 Å². The lowest BCUT2D eigenvalue weighted by Crippen LogP contribution is -2.30. The van der Waals surface area contributed by atoms with Gasteiger partial charge in [0.1, 0.15) is 0 Å². The standard InChI is InChI=1S/C22H18O/c1-22(2)18-13-7-6-11-17(18)21(23)20-16(12-8-14-19(20)22)15-9-4-3-5-10-15/h3-14H,1-2H3. The molecule has 3 aromatic rings. The molecule has 0 bridgehead atoms. The number of rotatable bonds is 1. The molecule has 0 aromatic heterocycles. The van der Waals surface area contributed by atoms with Crippen LogP contribution in [0.2, 0.25) is 0 Å². The van der Waals surface area contributed by atoms with Crippen molar-refractivity contribution in [1.82, 2.24) is 0 Å². The number of benzene rings is 3. The van der Waals surface area contributed by atoms with Gasteiger partial charge in [0.05, 0.1) is 0 Å². The maximum Gasteiger partial charge on any atom is 0.194 e. The number of ketones is 1. The Bertz CT molecular complexity index is 904. The zero-order chi connectivity index (χ0) is 16.0. The predicted octanol–water partition coefficient (Wildman–Crippen LogP) is 5.22. The summed E-state index contributed by atoms with van der Waals surface area (Å²) in [6.07, 6.45) is 0. The molecule has 0 amide bonds. The summed E-state index contributed by atoms with van der Waals surface area (Å²) in [5.41, 5.74) is 5.84. The van der Waals surface area contributed by atoms with E-state index < -0.39 is 0 Å². The van der Waals surface area contributed by atoms with Gasteiger partial charge in [-0.2, -0.15) is 0 Å². The van der Waals surface area contributed by atoms with Crippen LogP contribution in [0.4, 0.5) is 0 Å². The molecule has 3 aromatic carbocycles. The second-order valence-electron chi connectivity index (χ2n) is 6.59. The van der Waals surface area contributed by atoms with Crippen molar-refractivity contribution < 1.29 is 4.79 Å². The van der Waals surface area contributed by atoms with Gasteiger partial charge in [-0.1, -0.05) is 86.6 Å². The van der Waals surface area contributed by atoms with Crippen LogP contribution in [0.25, 0.3) is 11.1 Å². The van der Waals surface area contributed by atoms with Crippen molar-refractivity contribution in [3.05, 3.63) is 95.1 Å². The first-order valence-electron chi connectivity index (χ1n) is 7.94. The largest absolute Gasteiger partial charge is 0.289 e. The Balaban J connectivity index is 2.05. The van der Waals surface area contributed by atoms with E-state index in [1.54, 1.807) is 0 Å². The van der Waals surface area contributed by atoms with Crippen molar-refractivity contribution >= 4 is 5.78 Å². The third-order valence-corrected chi connectivity index (χ3v) is 4.89. The summed E-state index contributed by atoms with van der Waals surface area (Å²) in [4.78, 5) is 13.2. The molecular formula is C22H18O. The van der Waals surface area contributed by atoms with E-state index in [9.17, 15) is 4.79 Å². The summed E-state index contributed by atoms with van der Waals surface area (Å²) >= 11 is 0. The number of carbonyl (C=O) groups is 1. The van der Waals surface area contributed by atoms with Crippen LogP contribution in [-0.4, -0.2) is 5.78 Å². The van der Waals surface area contributed by atoms with E-state index in [1.807, 2.05) is 36.4 Å². The van der Waals surface area contributed by atoms with Crippen molar-refractivity contribution in [3.63, 3.8) is 0 Å². The monoisotopic (exact) mass is 298 g/mol. The summed E-state index contributed by atoms with van der Waals surface area (Å²) in [5, 5.41) is 0. The molecule has 0 heterocycles. The molecule has 0 spiro atoms. The Labute approximate surface area is 136 Å². The Morgan fingerprint density at radius 3 is 2.04 bits per heavy atom. The third kappa shape index (κ3) is 1.97. The lowest BCUT2D eigenvalue weighted by molar-refractivity contribution is 0.103. The molecule has 1 aliphatic carbocycles. The maximum atomic E-state index is 13.2. The van der Waals surface area contributed by atoms with Crippen LogP contribution in [-0.2, 0) is 5.41 Å². The van der Waals surface area contributed by atoms with Gasteiger partial charge < -0.3 is 0 Å². The van der Waals surface area contributed by atoms with E-state index in [2.05, 4.69) is 50.2 Å². The van der Waals surface area contributed by atoms with Crippen LogP contribution in [0.3, 0.4) is 0 Å². The molecule has 1 aliphatic rings. The minimum atomic E-state index is -0.176. The number of hydrogen-bond acceptors (Lipinski definition) is 1. The highest BCUT2D eigenvalue weighted by Crippen LogP contribution is 2.44. The van der Waals surface area contributed by atoms with Crippen molar-refractivity contribution in [2.75, 3.05) is 0 Å². The molecule has 0 unspecified atom stereocenters. The van der Waals surface area contributed by atoms with E-state index in [4.69, 9.17) is 0 Å². The molecule has 1 nitrogen and oxygen atoms in total. The average molecular weight is 298 g/mol. The fourth-order valence-electron chi connectivity index (χ4n) is 3.68. The van der Waals surface area contributed by atoms with Gasteiger partial charge >= 0.3 is 0 Å². The smallest absolute Gasteiger partial charge is 0.194 e. The van der Waals surface area contributed by atoms with Crippen LogP contribution in [0.5, 0.6) is 0 Å². The maximum absolute atomic E-state index is 13.2. The van der Waals surface area contributed by atoms with Gasteiger partial charge in [-0.25, -0.2) is 0 Å².